The van der Waals surface area contributed by atoms with Crippen molar-refractivity contribution in [3.05, 3.63) is 57.0 Å². The Balaban J connectivity index is 1.40. The minimum absolute atomic E-state index is 0.287. The van der Waals surface area contributed by atoms with Crippen molar-refractivity contribution in [2.75, 3.05) is 39.8 Å². The number of nitriles is 1. The molecular weight excluding hydrogens is 410 g/mol. The van der Waals surface area contributed by atoms with E-state index in [0.717, 1.165) is 48.6 Å². The summed E-state index contributed by atoms with van der Waals surface area (Å²) in [5.41, 5.74) is 1.10. The maximum atomic E-state index is 12.6. The van der Waals surface area contributed by atoms with Crippen LogP contribution in [0.25, 0.3) is 11.2 Å². The highest BCUT2D eigenvalue weighted by molar-refractivity contribution is 5.69. The zero-order chi connectivity index (χ0) is 22.8. The lowest BCUT2D eigenvalue weighted by molar-refractivity contribution is 0.112. The van der Waals surface area contributed by atoms with Crippen molar-refractivity contribution in [3.63, 3.8) is 0 Å². The summed E-state index contributed by atoms with van der Waals surface area (Å²) >= 11 is 0. The van der Waals surface area contributed by atoms with Crippen LogP contribution in [0.5, 0.6) is 5.75 Å². The first-order valence-electron chi connectivity index (χ1n) is 10.6. The summed E-state index contributed by atoms with van der Waals surface area (Å²) < 4.78 is 9.53. The average Bonchev–Trinajstić information content (AvgIpc) is 3.26. The van der Waals surface area contributed by atoms with E-state index in [2.05, 4.69) is 20.9 Å². The molecule has 3 aromatic rings. The zero-order valence-electron chi connectivity index (χ0n) is 18.6. The average molecular weight is 438 g/mol. The van der Waals surface area contributed by atoms with Gasteiger partial charge in [-0.1, -0.05) is 12.1 Å². The second kappa shape index (κ2) is 8.98. The van der Waals surface area contributed by atoms with Crippen LogP contribution < -0.4 is 16.0 Å². The van der Waals surface area contributed by atoms with Gasteiger partial charge in [-0.05, 0) is 17.7 Å². The van der Waals surface area contributed by atoms with E-state index in [0.29, 0.717) is 17.7 Å². The standard InChI is InChI=1S/C22H27N7O3/c1-25-20-19(21(30)26(2)22(25)31)29(15-24-20)13-10-27-8-11-28(12-9-27)18(14-23)16-4-6-17(32-3)7-5-16/h4-7,15,18H,8-13H2,1-3H3. The minimum atomic E-state index is -0.382. The summed E-state index contributed by atoms with van der Waals surface area (Å²) in [6, 6.07) is 9.78. The largest absolute Gasteiger partial charge is 0.497 e. The van der Waals surface area contributed by atoms with E-state index in [1.54, 1.807) is 20.5 Å². The van der Waals surface area contributed by atoms with Crippen molar-refractivity contribution >= 4 is 11.2 Å². The van der Waals surface area contributed by atoms with E-state index in [1.807, 2.05) is 28.8 Å². The van der Waals surface area contributed by atoms with E-state index in [1.165, 1.54) is 11.6 Å². The molecule has 1 aliphatic heterocycles. The predicted molar refractivity (Wildman–Crippen MR) is 120 cm³/mol. The van der Waals surface area contributed by atoms with E-state index in [4.69, 9.17) is 4.74 Å². The van der Waals surface area contributed by atoms with E-state index < -0.39 is 0 Å². The van der Waals surface area contributed by atoms with Crippen LogP contribution in [0.3, 0.4) is 0 Å². The van der Waals surface area contributed by atoms with E-state index in [-0.39, 0.29) is 17.3 Å². The monoisotopic (exact) mass is 437 g/mol. The molecule has 1 atom stereocenters. The van der Waals surface area contributed by atoms with Crippen molar-refractivity contribution < 1.29 is 4.74 Å². The van der Waals surface area contributed by atoms with Crippen LogP contribution in [-0.4, -0.2) is 68.3 Å². The number of ether oxygens (including phenoxy) is 1. The van der Waals surface area contributed by atoms with E-state index >= 15 is 0 Å². The number of rotatable bonds is 6. The number of hydrogen-bond acceptors (Lipinski definition) is 7. The van der Waals surface area contributed by atoms with Crippen LogP contribution in [0.2, 0.25) is 0 Å². The summed E-state index contributed by atoms with van der Waals surface area (Å²) in [5, 5.41) is 9.74. The van der Waals surface area contributed by atoms with Crippen molar-refractivity contribution in [2.45, 2.75) is 12.6 Å². The molecule has 0 N–H and O–H groups in total. The molecule has 0 radical (unpaired) electrons. The molecule has 0 aliphatic carbocycles. The molecule has 32 heavy (non-hydrogen) atoms. The van der Waals surface area contributed by atoms with Crippen molar-refractivity contribution in [2.24, 2.45) is 14.1 Å². The molecule has 0 spiro atoms. The number of methoxy groups -OCH3 is 1. The van der Waals surface area contributed by atoms with Gasteiger partial charge < -0.3 is 9.30 Å². The summed E-state index contributed by atoms with van der Waals surface area (Å²) in [4.78, 5) is 33.5. The fourth-order valence-corrected chi connectivity index (χ4v) is 4.21. The molecule has 3 heterocycles. The second-order valence-electron chi connectivity index (χ2n) is 8.00. The van der Waals surface area contributed by atoms with Crippen LogP contribution >= 0.6 is 0 Å². The Kier molecular flexibility index (Phi) is 6.12. The third kappa shape index (κ3) is 3.92. The Morgan fingerprint density at radius 3 is 2.38 bits per heavy atom. The van der Waals surface area contributed by atoms with E-state index in [9.17, 15) is 14.9 Å². The van der Waals surface area contributed by atoms with Gasteiger partial charge in [0.25, 0.3) is 5.56 Å². The third-order valence-corrected chi connectivity index (χ3v) is 6.20. The topological polar surface area (TPSA) is 101 Å². The predicted octanol–water partition coefficient (Wildman–Crippen LogP) is 0.325. The van der Waals surface area contributed by atoms with Crippen LogP contribution in [0, 0.1) is 11.3 Å². The van der Waals surface area contributed by atoms with Gasteiger partial charge in [0.1, 0.15) is 11.8 Å². The molecule has 2 aromatic heterocycles. The number of imidazole rings is 1. The molecule has 10 heteroatoms. The summed E-state index contributed by atoms with van der Waals surface area (Å²) in [6.45, 7) is 4.58. The number of nitrogens with zero attached hydrogens (tertiary/aromatic N) is 7. The number of piperazine rings is 1. The molecule has 4 rings (SSSR count). The van der Waals surface area contributed by atoms with Crippen LogP contribution in [-0.2, 0) is 20.6 Å². The number of benzene rings is 1. The highest BCUT2D eigenvalue weighted by atomic mass is 16.5. The molecule has 1 aliphatic rings. The Morgan fingerprint density at radius 2 is 1.75 bits per heavy atom. The van der Waals surface area contributed by atoms with Gasteiger partial charge in [0.15, 0.2) is 11.2 Å². The highest BCUT2D eigenvalue weighted by Crippen LogP contribution is 2.23. The molecule has 1 saturated heterocycles. The number of fused-ring (bicyclic) bond motifs is 1. The number of aryl methyl sites for hydroxylation is 1. The van der Waals surface area contributed by atoms with Gasteiger partial charge in [0.05, 0.1) is 19.5 Å². The Labute approximate surface area is 185 Å². The summed E-state index contributed by atoms with van der Waals surface area (Å²) in [5.74, 6) is 0.775. The summed E-state index contributed by atoms with van der Waals surface area (Å²) in [7, 11) is 4.73. The second-order valence-corrected chi connectivity index (χ2v) is 8.00. The normalized spacial score (nSPS) is 16.2. The first kappa shape index (κ1) is 21.8. The van der Waals surface area contributed by atoms with Gasteiger partial charge in [-0.2, -0.15) is 5.26 Å². The molecular formula is C22H27N7O3. The summed E-state index contributed by atoms with van der Waals surface area (Å²) in [6.07, 6.45) is 1.62. The highest BCUT2D eigenvalue weighted by Gasteiger charge is 2.25. The maximum Gasteiger partial charge on any atom is 0.332 e. The molecule has 1 fully saturated rings. The maximum absolute atomic E-state index is 12.6. The van der Waals surface area contributed by atoms with Crippen molar-refractivity contribution in [3.8, 4) is 11.8 Å². The van der Waals surface area contributed by atoms with Crippen molar-refractivity contribution in [1.29, 1.82) is 5.26 Å². The van der Waals surface area contributed by atoms with Gasteiger partial charge in [0.2, 0.25) is 0 Å². The quantitative estimate of drug-likeness (QED) is 0.548. The van der Waals surface area contributed by atoms with Gasteiger partial charge >= 0.3 is 5.69 Å². The molecule has 0 bridgehead atoms. The molecule has 168 valence electrons. The fourth-order valence-electron chi connectivity index (χ4n) is 4.21. The SMILES string of the molecule is COc1ccc(C(C#N)N2CCN(CCn3cnc4c3c(=O)n(C)c(=O)n4C)CC2)cc1. The van der Waals surface area contributed by atoms with Crippen LogP contribution in [0.4, 0.5) is 0 Å². The van der Waals surface area contributed by atoms with Gasteiger partial charge in [-0.15, -0.1) is 0 Å². The van der Waals surface area contributed by atoms with Gasteiger partial charge in [0, 0.05) is 53.4 Å². The van der Waals surface area contributed by atoms with Crippen molar-refractivity contribution in [1.82, 2.24) is 28.5 Å². The minimum Gasteiger partial charge on any atom is -0.497 e. The molecule has 10 nitrogen and oxygen atoms in total. The molecule has 1 unspecified atom stereocenters. The lowest BCUT2D eigenvalue weighted by atomic mass is 10.1. The van der Waals surface area contributed by atoms with Gasteiger partial charge in [-0.3, -0.25) is 23.7 Å². The zero-order valence-corrected chi connectivity index (χ0v) is 18.6. The lowest BCUT2D eigenvalue weighted by Crippen LogP contribution is -2.48. The van der Waals surface area contributed by atoms with Gasteiger partial charge in [-0.25, -0.2) is 9.78 Å². The van der Waals surface area contributed by atoms with Crippen LogP contribution in [0.15, 0.2) is 40.2 Å². The molecule has 0 amide bonds. The fraction of sp³-hybridized carbons (Fsp3) is 0.455. The number of hydrogen-bond donors (Lipinski definition) is 0. The lowest BCUT2D eigenvalue weighted by Gasteiger charge is -2.37. The first-order chi connectivity index (χ1) is 15.4. The van der Waals surface area contributed by atoms with Crippen LogP contribution in [0.1, 0.15) is 11.6 Å². The third-order valence-electron chi connectivity index (χ3n) is 6.20. The molecule has 0 saturated carbocycles. The Hall–Kier alpha value is -3.42. The Morgan fingerprint density at radius 1 is 1.06 bits per heavy atom. The smallest absolute Gasteiger partial charge is 0.332 e. The first-order valence-corrected chi connectivity index (χ1v) is 10.6. The number of aromatic nitrogens is 4. The Bertz CT molecular complexity index is 1260. The molecule has 1 aromatic carbocycles.